The summed E-state index contributed by atoms with van der Waals surface area (Å²) in [7, 11) is 5.75. The maximum Gasteiger partial charge on any atom is 0.282 e. The molecule has 2 radical (unpaired) electrons. The lowest BCUT2D eigenvalue weighted by Gasteiger charge is -1.60. The molecule has 0 amide bonds. The molecule has 1 aromatic heterocycles. The van der Waals surface area contributed by atoms with Gasteiger partial charge in [-0.15, -0.1) is 0 Å². The fraction of sp³-hybridized carbons (Fsp3) is 0.200. The minimum atomic E-state index is 1.40. The third-order valence-corrected chi connectivity index (χ3v) is 0.496. The van der Waals surface area contributed by atoms with Gasteiger partial charge in [0.2, 0.25) is 0 Å². The fourth-order valence-electron chi connectivity index (χ4n) is 0.278. The first-order valence-corrected chi connectivity index (χ1v) is 2.22. The molecule has 1 aromatic rings. The van der Waals surface area contributed by atoms with Crippen molar-refractivity contribution in [2.24, 2.45) is 0 Å². The molecule has 2 nitrogen and oxygen atoms in total. The average molecular weight is 109 g/mol. The highest BCUT2D eigenvalue weighted by atomic mass is 16.4. The summed E-state index contributed by atoms with van der Waals surface area (Å²) in [4.78, 5) is 2.86. The first kappa shape index (κ1) is 7.30. The van der Waals surface area contributed by atoms with Gasteiger partial charge in [-0.1, -0.05) is 0 Å². The second-order valence-corrected chi connectivity index (χ2v) is 1.12. The lowest BCUT2D eigenvalue weighted by atomic mass is 10.6. The van der Waals surface area contributed by atoms with Gasteiger partial charge in [-0.25, -0.2) is 0 Å². The second-order valence-electron chi connectivity index (χ2n) is 1.12. The van der Waals surface area contributed by atoms with E-state index in [4.69, 9.17) is 0 Å². The zero-order chi connectivity index (χ0) is 6.24. The van der Waals surface area contributed by atoms with Crippen LogP contribution in [0.3, 0.4) is 0 Å². The number of aromatic amines is 1. The van der Waals surface area contributed by atoms with Gasteiger partial charge in [0.1, 0.15) is 0 Å². The van der Waals surface area contributed by atoms with Crippen LogP contribution in [0.15, 0.2) is 24.5 Å². The van der Waals surface area contributed by atoms with E-state index in [2.05, 4.69) is 17.7 Å². The molecule has 0 aliphatic heterocycles. The van der Waals surface area contributed by atoms with Crippen molar-refractivity contribution >= 4 is 8.05 Å². The Labute approximate surface area is 50.3 Å². The summed E-state index contributed by atoms with van der Waals surface area (Å²) in [6, 6.07) is 3.89. The second kappa shape index (κ2) is 6.30. The van der Waals surface area contributed by atoms with Crippen LogP contribution in [0.5, 0.6) is 0 Å². The van der Waals surface area contributed by atoms with Crippen LogP contribution >= 0.6 is 0 Å². The number of nitrogens with one attached hydrogen (secondary N) is 1. The van der Waals surface area contributed by atoms with E-state index < -0.39 is 0 Å². The van der Waals surface area contributed by atoms with Crippen molar-refractivity contribution in [1.29, 1.82) is 0 Å². The molecule has 0 saturated carbocycles. The van der Waals surface area contributed by atoms with E-state index in [1.165, 1.54) is 7.11 Å². The number of hydrogen-bond acceptors (Lipinski definition) is 1. The van der Waals surface area contributed by atoms with Gasteiger partial charge in [0.15, 0.2) is 0 Å². The molecule has 0 spiro atoms. The van der Waals surface area contributed by atoms with Gasteiger partial charge >= 0.3 is 0 Å². The van der Waals surface area contributed by atoms with Gasteiger partial charge in [-0.05, 0) is 12.1 Å². The molecule has 1 N–H and O–H groups in total. The number of hydrogen-bond donors (Lipinski definition) is 1. The molecule has 0 atom stereocenters. The average Bonchev–Trinajstić information content (AvgIpc) is 2.17. The van der Waals surface area contributed by atoms with Crippen LogP contribution in [-0.4, -0.2) is 20.1 Å². The molecule has 0 aromatic carbocycles. The molecule has 8 heavy (non-hydrogen) atoms. The Hall–Kier alpha value is -0.695. The Bertz CT molecular complexity index is 79.3. The Kier molecular flexibility index (Phi) is 5.76. The first-order chi connectivity index (χ1) is 3.91. The molecular weight excluding hydrogens is 101 g/mol. The maximum atomic E-state index is 4.35. The summed E-state index contributed by atoms with van der Waals surface area (Å²) >= 11 is 0. The lowest BCUT2D eigenvalue weighted by Crippen LogP contribution is -1.60. The van der Waals surface area contributed by atoms with Crippen molar-refractivity contribution in [3.8, 4) is 0 Å². The van der Waals surface area contributed by atoms with Crippen LogP contribution in [0.1, 0.15) is 0 Å². The molecule has 0 bridgehead atoms. The molecular formula is C5H8BNO. The van der Waals surface area contributed by atoms with E-state index >= 15 is 0 Å². The fourth-order valence-corrected chi connectivity index (χ4v) is 0.278. The predicted molar refractivity (Wildman–Crippen MR) is 33.6 cm³/mol. The van der Waals surface area contributed by atoms with Crippen LogP contribution in [0.2, 0.25) is 0 Å². The largest absolute Gasteiger partial charge is 0.450 e. The molecule has 3 heteroatoms. The smallest absolute Gasteiger partial charge is 0.282 e. The molecule has 0 aliphatic carbocycles. The van der Waals surface area contributed by atoms with Gasteiger partial charge in [-0.3, -0.25) is 0 Å². The van der Waals surface area contributed by atoms with Gasteiger partial charge in [-0.2, -0.15) is 0 Å². The number of rotatable bonds is 0. The van der Waals surface area contributed by atoms with Gasteiger partial charge < -0.3 is 9.64 Å². The highest BCUT2D eigenvalue weighted by Crippen LogP contribution is 1.72. The van der Waals surface area contributed by atoms with E-state index in [1.54, 1.807) is 0 Å². The van der Waals surface area contributed by atoms with Crippen molar-refractivity contribution < 1.29 is 4.65 Å². The van der Waals surface area contributed by atoms with Crippen molar-refractivity contribution in [2.75, 3.05) is 7.11 Å². The van der Waals surface area contributed by atoms with Crippen molar-refractivity contribution in [3.05, 3.63) is 24.5 Å². The zero-order valence-electron chi connectivity index (χ0n) is 4.79. The first-order valence-electron chi connectivity index (χ1n) is 2.22. The summed E-state index contributed by atoms with van der Waals surface area (Å²) in [6.07, 6.45) is 3.75. The standard InChI is InChI=1S/C4H5N.CH3BO/c1-2-4-5-3-1;1-3-2/h1-5H;1H3. The number of H-pyrrole nitrogens is 1. The SMILES string of the molecule is [B]OC.c1cc[nH]c1. The van der Waals surface area contributed by atoms with Crippen LogP contribution in [0.25, 0.3) is 0 Å². The monoisotopic (exact) mass is 109 g/mol. The Morgan fingerprint density at radius 3 is 1.88 bits per heavy atom. The van der Waals surface area contributed by atoms with Crippen molar-refractivity contribution in [2.45, 2.75) is 0 Å². The minimum absolute atomic E-state index is 1.40. The third-order valence-electron chi connectivity index (χ3n) is 0.496. The molecule has 42 valence electrons. The number of aromatic nitrogens is 1. The summed E-state index contributed by atoms with van der Waals surface area (Å²) in [6.45, 7) is 0. The predicted octanol–water partition coefficient (Wildman–Crippen LogP) is 0.731. The quantitative estimate of drug-likeness (QED) is 0.488. The van der Waals surface area contributed by atoms with Crippen LogP contribution < -0.4 is 0 Å². The Morgan fingerprint density at radius 2 is 1.75 bits per heavy atom. The van der Waals surface area contributed by atoms with Crippen molar-refractivity contribution in [3.63, 3.8) is 0 Å². The van der Waals surface area contributed by atoms with Gasteiger partial charge in [0.25, 0.3) is 8.05 Å². The highest BCUT2D eigenvalue weighted by molar-refractivity contribution is 5.97. The molecule has 0 saturated heterocycles. The van der Waals surface area contributed by atoms with E-state index in [0.29, 0.717) is 0 Å². The summed E-state index contributed by atoms with van der Waals surface area (Å²) < 4.78 is 3.75. The van der Waals surface area contributed by atoms with Crippen LogP contribution in [0, 0.1) is 0 Å². The van der Waals surface area contributed by atoms with Gasteiger partial charge in [0.05, 0.1) is 0 Å². The molecule has 0 aliphatic rings. The minimum Gasteiger partial charge on any atom is -0.450 e. The highest BCUT2D eigenvalue weighted by Gasteiger charge is 1.55. The normalized spacial score (nSPS) is 7.12. The van der Waals surface area contributed by atoms with Crippen LogP contribution in [-0.2, 0) is 4.65 Å². The van der Waals surface area contributed by atoms with Crippen LogP contribution in [0.4, 0.5) is 0 Å². The lowest BCUT2D eigenvalue weighted by molar-refractivity contribution is 0.460. The molecule has 0 unspecified atom stereocenters. The Balaban J connectivity index is 0.000000145. The van der Waals surface area contributed by atoms with Gasteiger partial charge in [0, 0.05) is 19.5 Å². The maximum absolute atomic E-state index is 4.35. The van der Waals surface area contributed by atoms with E-state index in [9.17, 15) is 0 Å². The summed E-state index contributed by atoms with van der Waals surface area (Å²) in [5.74, 6) is 0. The molecule has 0 fully saturated rings. The van der Waals surface area contributed by atoms with E-state index in [0.717, 1.165) is 0 Å². The topological polar surface area (TPSA) is 25.0 Å². The van der Waals surface area contributed by atoms with E-state index in [-0.39, 0.29) is 0 Å². The zero-order valence-corrected chi connectivity index (χ0v) is 4.79. The molecule has 1 heterocycles. The third kappa shape index (κ3) is 5.30. The van der Waals surface area contributed by atoms with Crippen molar-refractivity contribution in [1.82, 2.24) is 4.98 Å². The summed E-state index contributed by atoms with van der Waals surface area (Å²) in [5, 5.41) is 0. The molecule has 1 rings (SSSR count). The van der Waals surface area contributed by atoms with E-state index in [1.807, 2.05) is 24.5 Å². The summed E-state index contributed by atoms with van der Waals surface area (Å²) in [5.41, 5.74) is 0. The Morgan fingerprint density at radius 1 is 1.38 bits per heavy atom.